The first-order valence-corrected chi connectivity index (χ1v) is 8.59. The molecular formula is C14H19IN4S. The van der Waals surface area contributed by atoms with Gasteiger partial charge in [0.05, 0.1) is 15.7 Å². The Bertz CT molecular complexity index is 595. The van der Waals surface area contributed by atoms with Crippen LogP contribution in [-0.4, -0.2) is 22.0 Å². The molecule has 6 heteroatoms. The molecule has 0 atom stereocenters. The summed E-state index contributed by atoms with van der Waals surface area (Å²) in [6.45, 7) is 6.43. The first-order chi connectivity index (χ1) is 9.49. The van der Waals surface area contributed by atoms with E-state index in [4.69, 9.17) is 4.98 Å². The summed E-state index contributed by atoms with van der Waals surface area (Å²) in [6.07, 6.45) is 1.68. The average Bonchev–Trinajstić information content (AvgIpc) is 2.78. The van der Waals surface area contributed by atoms with Crippen LogP contribution in [0.4, 0.5) is 5.82 Å². The molecule has 0 aliphatic heterocycles. The minimum absolute atomic E-state index is 0.582. The number of aryl methyl sites for hydroxylation is 1. The molecule has 0 radical (unpaired) electrons. The van der Waals surface area contributed by atoms with Gasteiger partial charge in [0, 0.05) is 18.1 Å². The number of halogens is 1. The van der Waals surface area contributed by atoms with Gasteiger partial charge in [0.2, 0.25) is 0 Å². The van der Waals surface area contributed by atoms with E-state index in [1.165, 1.54) is 0 Å². The molecule has 2 rings (SSSR count). The number of nitrogens with zero attached hydrogens (tertiary/aromatic N) is 3. The molecule has 2 heterocycles. The average molecular weight is 402 g/mol. The van der Waals surface area contributed by atoms with Crippen molar-refractivity contribution in [1.82, 2.24) is 15.0 Å². The topological polar surface area (TPSA) is 50.7 Å². The van der Waals surface area contributed by atoms with Gasteiger partial charge in [0.1, 0.15) is 16.6 Å². The van der Waals surface area contributed by atoms with Crippen LogP contribution in [-0.2, 0) is 12.8 Å². The van der Waals surface area contributed by atoms with Gasteiger partial charge in [-0.3, -0.25) is 0 Å². The Morgan fingerprint density at radius 3 is 2.60 bits per heavy atom. The summed E-state index contributed by atoms with van der Waals surface area (Å²) in [5.41, 5.74) is 2.19. The Morgan fingerprint density at radius 2 is 2.05 bits per heavy atom. The first-order valence-electron chi connectivity index (χ1n) is 6.63. The van der Waals surface area contributed by atoms with E-state index in [1.807, 2.05) is 14.0 Å². The molecule has 0 bridgehead atoms. The standard InChI is InChI=1S/C14H19IN4S/c1-8(2)5-10-13(15)14(16-4)19-11(18-10)6-12-17-9(3)7-20-12/h7-8H,5-6H2,1-4H3,(H,16,18,19). The summed E-state index contributed by atoms with van der Waals surface area (Å²) in [6, 6.07) is 0. The lowest BCUT2D eigenvalue weighted by Crippen LogP contribution is -2.10. The fraction of sp³-hybridized carbons (Fsp3) is 0.500. The van der Waals surface area contributed by atoms with E-state index in [-0.39, 0.29) is 0 Å². The van der Waals surface area contributed by atoms with Gasteiger partial charge in [-0.25, -0.2) is 15.0 Å². The molecule has 20 heavy (non-hydrogen) atoms. The predicted molar refractivity (Wildman–Crippen MR) is 92.5 cm³/mol. The summed E-state index contributed by atoms with van der Waals surface area (Å²) in [4.78, 5) is 13.8. The Balaban J connectivity index is 2.32. The molecule has 0 aliphatic carbocycles. The lowest BCUT2D eigenvalue weighted by atomic mass is 10.1. The van der Waals surface area contributed by atoms with E-state index in [9.17, 15) is 0 Å². The third kappa shape index (κ3) is 3.88. The van der Waals surface area contributed by atoms with Gasteiger partial charge in [-0.2, -0.15) is 0 Å². The highest BCUT2D eigenvalue weighted by Gasteiger charge is 2.13. The molecule has 2 aromatic rings. The van der Waals surface area contributed by atoms with Crippen molar-refractivity contribution in [2.45, 2.75) is 33.6 Å². The smallest absolute Gasteiger partial charge is 0.143 e. The van der Waals surface area contributed by atoms with Crippen molar-refractivity contribution in [2.24, 2.45) is 5.92 Å². The van der Waals surface area contributed by atoms with E-state index < -0.39 is 0 Å². The molecule has 108 valence electrons. The highest BCUT2D eigenvalue weighted by Crippen LogP contribution is 2.22. The third-order valence-electron chi connectivity index (χ3n) is 2.78. The SMILES string of the molecule is CNc1nc(Cc2nc(C)cs2)nc(CC(C)C)c1I. The molecule has 4 nitrogen and oxygen atoms in total. The van der Waals surface area contributed by atoms with Crippen LogP contribution in [0, 0.1) is 16.4 Å². The van der Waals surface area contributed by atoms with Gasteiger partial charge in [0.15, 0.2) is 0 Å². The maximum Gasteiger partial charge on any atom is 0.143 e. The van der Waals surface area contributed by atoms with Crippen molar-refractivity contribution in [1.29, 1.82) is 0 Å². The van der Waals surface area contributed by atoms with Crippen LogP contribution in [0.5, 0.6) is 0 Å². The monoisotopic (exact) mass is 402 g/mol. The molecule has 2 aromatic heterocycles. The van der Waals surface area contributed by atoms with E-state index >= 15 is 0 Å². The van der Waals surface area contributed by atoms with Crippen molar-refractivity contribution < 1.29 is 0 Å². The van der Waals surface area contributed by atoms with E-state index in [0.717, 1.165) is 38.0 Å². The van der Waals surface area contributed by atoms with Gasteiger partial charge in [-0.1, -0.05) is 13.8 Å². The van der Waals surface area contributed by atoms with Crippen LogP contribution in [0.3, 0.4) is 0 Å². The number of nitrogens with one attached hydrogen (secondary N) is 1. The fourth-order valence-corrected chi connectivity index (χ4v) is 3.43. The molecule has 0 spiro atoms. The third-order valence-corrected chi connectivity index (χ3v) is 4.88. The maximum absolute atomic E-state index is 4.73. The molecule has 0 unspecified atom stereocenters. The summed E-state index contributed by atoms with van der Waals surface area (Å²) < 4.78 is 1.12. The highest BCUT2D eigenvalue weighted by atomic mass is 127. The Hall–Kier alpha value is -0.760. The molecular weight excluding hydrogens is 383 g/mol. The highest BCUT2D eigenvalue weighted by molar-refractivity contribution is 14.1. The number of thiazole rings is 1. The second kappa shape index (κ2) is 6.80. The zero-order valence-electron chi connectivity index (χ0n) is 12.2. The number of rotatable bonds is 5. The van der Waals surface area contributed by atoms with Gasteiger partial charge >= 0.3 is 0 Å². The van der Waals surface area contributed by atoms with E-state index in [1.54, 1.807) is 11.3 Å². The van der Waals surface area contributed by atoms with Gasteiger partial charge in [0.25, 0.3) is 0 Å². The minimum Gasteiger partial charge on any atom is -0.372 e. The minimum atomic E-state index is 0.582. The van der Waals surface area contributed by atoms with Crippen molar-refractivity contribution in [3.8, 4) is 0 Å². The van der Waals surface area contributed by atoms with Crippen molar-refractivity contribution in [3.63, 3.8) is 0 Å². The largest absolute Gasteiger partial charge is 0.372 e. The maximum atomic E-state index is 4.73. The van der Waals surface area contributed by atoms with Crippen molar-refractivity contribution >= 4 is 39.7 Å². The lowest BCUT2D eigenvalue weighted by Gasteiger charge is -2.12. The summed E-state index contributed by atoms with van der Waals surface area (Å²) in [7, 11) is 1.90. The summed E-state index contributed by atoms with van der Waals surface area (Å²) in [5.74, 6) is 2.34. The number of anilines is 1. The number of aromatic nitrogens is 3. The predicted octanol–water partition coefficient (Wildman–Crippen LogP) is 3.68. The number of hydrogen-bond donors (Lipinski definition) is 1. The van der Waals surface area contributed by atoms with Crippen LogP contribution in [0.15, 0.2) is 5.38 Å². The van der Waals surface area contributed by atoms with Gasteiger partial charge in [-0.05, 0) is 41.9 Å². The summed E-state index contributed by atoms with van der Waals surface area (Å²) >= 11 is 3.99. The van der Waals surface area contributed by atoms with Gasteiger partial charge in [-0.15, -0.1) is 11.3 Å². The van der Waals surface area contributed by atoms with Crippen molar-refractivity contribution in [3.05, 3.63) is 31.2 Å². The molecule has 0 saturated heterocycles. The van der Waals surface area contributed by atoms with Crippen LogP contribution >= 0.6 is 33.9 Å². The lowest BCUT2D eigenvalue weighted by molar-refractivity contribution is 0.628. The van der Waals surface area contributed by atoms with Gasteiger partial charge < -0.3 is 5.32 Å². The zero-order chi connectivity index (χ0) is 14.7. The Kier molecular flexibility index (Phi) is 5.31. The quantitative estimate of drug-likeness (QED) is 0.776. The van der Waals surface area contributed by atoms with E-state index in [0.29, 0.717) is 12.3 Å². The molecule has 1 N–H and O–H groups in total. The second-order valence-corrected chi connectivity index (χ2v) is 7.18. The Morgan fingerprint density at radius 1 is 1.30 bits per heavy atom. The van der Waals surface area contributed by atoms with Crippen LogP contribution in [0.25, 0.3) is 0 Å². The Labute approximate surface area is 137 Å². The molecule has 0 aliphatic rings. The van der Waals surface area contributed by atoms with Crippen LogP contribution < -0.4 is 5.32 Å². The number of hydrogen-bond acceptors (Lipinski definition) is 5. The molecule has 0 amide bonds. The zero-order valence-corrected chi connectivity index (χ0v) is 15.2. The summed E-state index contributed by atoms with van der Waals surface area (Å²) in [5, 5.41) is 6.30. The molecule has 0 fully saturated rings. The second-order valence-electron chi connectivity index (χ2n) is 5.16. The fourth-order valence-electron chi connectivity index (χ4n) is 1.93. The van der Waals surface area contributed by atoms with Crippen molar-refractivity contribution in [2.75, 3.05) is 12.4 Å². The van der Waals surface area contributed by atoms with E-state index in [2.05, 4.69) is 57.1 Å². The first kappa shape index (κ1) is 15.6. The molecule has 0 saturated carbocycles. The van der Waals surface area contributed by atoms with Crippen LogP contribution in [0.1, 0.15) is 36.1 Å². The normalized spacial score (nSPS) is 11.1. The molecule has 0 aromatic carbocycles. The van der Waals surface area contributed by atoms with Crippen LogP contribution in [0.2, 0.25) is 0 Å².